The van der Waals surface area contributed by atoms with Gasteiger partial charge in [-0.15, -0.1) is 0 Å². The number of fused-ring (bicyclic) bond motifs is 1. The van der Waals surface area contributed by atoms with Crippen LogP contribution >= 0.6 is 11.6 Å². The Hall–Kier alpha value is -3.10. The maximum Gasteiger partial charge on any atom is 0.238 e. The Kier molecular flexibility index (Phi) is 6.15. The van der Waals surface area contributed by atoms with E-state index in [4.69, 9.17) is 21.1 Å². The number of rotatable bonds is 7. The third-order valence-corrected chi connectivity index (χ3v) is 4.98. The third kappa shape index (κ3) is 4.72. The molecule has 3 aromatic rings. The van der Waals surface area contributed by atoms with E-state index >= 15 is 0 Å². The second kappa shape index (κ2) is 9.15. The van der Waals surface area contributed by atoms with Gasteiger partial charge >= 0.3 is 0 Å². The first-order chi connectivity index (χ1) is 14.6. The minimum atomic E-state index is -0.155. The smallest absolute Gasteiger partial charge is 0.238 e. The summed E-state index contributed by atoms with van der Waals surface area (Å²) in [5.74, 6) is 1.32. The molecule has 0 spiro atoms. The summed E-state index contributed by atoms with van der Waals surface area (Å²) >= 11 is 6.13. The quantitative estimate of drug-likeness (QED) is 0.624. The van der Waals surface area contributed by atoms with Crippen LogP contribution in [0.25, 0.3) is 5.69 Å². The van der Waals surface area contributed by atoms with Gasteiger partial charge in [0.2, 0.25) is 5.91 Å². The van der Waals surface area contributed by atoms with Crippen molar-refractivity contribution in [3.05, 3.63) is 60.1 Å². The summed E-state index contributed by atoms with van der Waals surface area (Å²) in [6.07, 6.45) is 2.85. The summed E-state index contributed by atoms with van der Waals surface area (Å²) < 4.78 is 13.4. The third-order valence-electron chi connectivity index (χ3n) is 4.74. The fourth-order valence-electron chi connectivity index (χ4n) is 3.28. The SMILES string of the molecule is CCN(CC(=O)Nc1cc(Cl)ccc1-n1cncn1)CC1COc2ccccc2O1. The maximum atomic E-state index is 12.7. The van der Waals surface area contributed by atoms with Crippen molar-refractivity contribution in [1.29, 1.82) is 0 Å². The van der Waals surface area contributed by atoms with Crippen LogP contribution < -0.4 is 14.8 Å². The number of likely N-dealkylation sites (N-methyl/N-ethyl adjacent to an activating group) is 1. The molecule has 9 heteroatoms. The molecular weight excluding hydrogens is 406 g/mol. The summed E-state index contributed by atoms with van der Waals surface area (Å²) in [7, 11) is 0. The van der Waals surface area contributed by atoms with Crippen molar-refractivity contribution >= 4 is 23.2 Å². The zero-order chi connectivity index (χ0) is 20.9. The van der Waals surface area contributed by atoms with Gasteiger partial charge in [-0.1, -0.05) is 30.7 Å². The molecule has 1 amide bonds. The lowest BCUT2D eigenvalue weighted by atomic mass is 10.2. The maximum absolute atomic E-state index is 12.7. The van der Waals surface area contributed by atoms with Crippen LogP contribution in [0.4, 0.5) is 5.69 Å². The van der Waals surface area contributed by atoms with E-state index in [1.165, 1.54) is 6.33 Å². The molecule has 30 heavy (non-hydrogen) atoms. The Morgan fingerprint density at radius 2 is 2.13 bits per heavy atom. The van der Waals surface area contributed by atoms with E-state index in [9.17, 15) is 4.79 Å². The number of carbonyl (C=O) groups is 1. The van der Waals surface area contributed by atoms with Gasteiger partial charge in [0.05, 0.1) is 17.9 Å². The van der Waals surface area contributed by atoms with E-state index in [0.717, 1.165) is 11.5 Å². The molecule has 0 aliphatic carbocycles. The molecular formula is C21H22ClN5O3. The summed E-state index contributed by atoms with van der Waals surface area (Å²) in [4.78, 5) is 18.7. The molecule has 8 nitrogen and oxygen atoms in total. The van der Waals surface area contributed by atoms with Crippen LogP contribution in [0.2, 0.25) is 5.02 Å². The summed E-state index contributed by atoms with van der Waals surface area (Å²) in [6.45, 7) is 3.93. The first kappa shape index (κ1) is 20.2. The molecule has 0 fully saturated rings. The van der Waals surface area contributed by atoms with Crippen LogP contribution in [0.1, 0.15) is 6.92 Å². The van der Waals surface area contributed by atoms with Crippen LogP contribution in [-0.2, 0) is 4.79 Å². The Balaban J connectivity index is 1.39. The molecule has 2 aromatic carbocycles. The molecule has 1 aliphatic rings. The first-order valence-electron chi connectivity index (χ1n) is 9.67. The monoisotopic (exact) mass is 427 g/mol. The minimum Gasteiger partial charge on any atom is -0.486 e. The van der Waals surface area contributed by atoms with Crippen LogP contribution in [0.3, 0.4) is 0 Å². The molecule has 0 saturated heterocycles. The molecule has 4 rings (SSSR count). The van der Waals surface area contributed by atoms with E-state index in [0.29, 0.717) is 36.1 Å². The Bertz CT molecular complexity index is 1010. The number of para-hydroxylation sites is 2. The highest BCUT2D eigenvalue weighted by molar-refractivity contribution is 6.31. The normalized spacial score (nSPS) is 15.2. The lowest BCUT2D eigenvalue weighted by molar-refractivity contribution is -0.117. The topological polar surface area (TPSA) is 81.5 Å². The van der Waals surface area contributed by atoms with Gasteiger partial charge in [0.1, 0.15) is 25.4 Å². The fraction of sp³-hybridized carbons (Fsp3) is 0.286. The Morgan fingerprint density at radius 3 is 2.90 bits per heavy atom. The number of amides is 1. The summed E-state index contributed by atoms with van der Waals surface area (Å²) in [6, 6.07) is 12.8. The predicted octanol–water partition coefficient (Wildman–Crippen LogP) is 3.02. The van der Waals surface area contributed by atoms with Crippen molar-refractivity contribution in [1.82, 2.24) is 19.7 Å². The van der Waals surface area contributed by atoms with Crippen LogP contribution in [0, 0.1) is 0 Å². The van der Waals surface area contributed by atoms with E-state index < -0.39 is 0 Å². The second-order valence-electron chi connectivity index (χ2n) is 6.88. The van der Waals surface area contributed by atoms with E-state index in [-0.39, 0.29) is 18.6 Å². The largest absolute Gasteiger partial charge is 0.486 e. The molecule has 0 saturated carbocycles. The molecule has 0 bridgehead atoms. The minimum absolute atomic E-state index is 0.149. The van der Waals surface area contributed by atoms with Gasteiger partial charge in [-0.3, -0.25) is 9.69 Å². The average molecular weight is 428 g/mol. The highest BCUT2D eigenvalue weighted by Crippen LogP contribution is 2.31. The highest BCUT2D eigenvalue weighted by atomic mass is 35.5. The van der Waals surface area contributed by atoms with Crippen LogP contribution in [0.5, 0.6) is 11.5 Å². The van der Waals surface area contributed by atoms with Gasteiger partial charge in [0, 0.05) is 11.6 Å². The standard InChI is InChI=1S/C21H22ClN5O3/c1-2-26(10-16-12-29-19-5-3-4-6-20(19)30-16)11-21(28)25-17-9-15(22)7-8-18(17)27-14-23-13-24-27/h3-9,13-14,16H,2,10-12H2,1H3,(H,25,28). The second-order valence-corrected chi connectivity index (χ2v) is 7.31. The van der Waals surface area contributed by atoms with Gasteiger partial charge in [0.25, 0.3) is 0 Å². The Labute approximate surface area is 179 Å². The van der Waals surface area contributed by atoms with E-state index in [2.05, 4.69) is 15.4 Å². The molecule has 0 radical (unpaired) electrons. The zero-order valence-electron chi connectivity index (χ0n) is 16.5. The van der Waals surface area contributed by atoms with Gasteiger partial charge in [-0.05, 0) is 36.9 Å². The summed E-state index contributed by atoms with van der Waals surface area (Å²) in [5, 5.41) is 7.58. The van der Waals surface area contributed by atoms with Crippen molar-refractivity contribution in [2.24, 2.45) is 0 Å². The van der Waals surface area contributed by atoms with E-state index in [1.807, 2.05) is 36.1 Å². The number of nitrogens with zero attached hydrogens (tertiary/aromatic N) is 4. The predicted molar refractivity (Wildman–Crippen MR) is 113 cm³/mol. The van der Waals surface area contributed by atoms with E-state index in [1.54, 1.807) is 29.2 Å². The number of benzene rings is 2. The number of halogens is 1. The lowest BCUT2D eigenvalue weighted by Gasteiger charge is -2.30. The summed E-state index contributed by atoms with van der Waals surface area (Å²) in [5.41, 5.74) is 1.26. The van der Waals surface area contributed by atoms with Gasteiger partial charge in [-0.25, -0.2) is 9.67 Å². The number of anilines is 1. The molecule has 1 atom stereocenters. The lowest BCUT2D eigenvalue weighted by Crippen LogP contribution is -2.43. The van der Waals surface area contributed by atoms with Crippen molar-refractivity contribution in [2.75, 3.05) is 31.6 Å². The molecule has 2 heterocycles. The van der Waals surface area contributed by atoms with Crippen LogP contribution in [-0.4, -0.2) is 57.9 Å². The number of hydrogen-bond donors (Lipinski definition) is 1. The first-order valence-corrected chi connectivity index (χ1v) is 10.1. The molecule has 1 aromatic heterocycles. The number of hydrogen-bond acceptors (Lipinski definition) is 6. The average Bonchev–Trinajstić information content (AvgIpc) is 3.28. The van der Waals surface area contributed by atoms with Crippen molar-refractivity contribution in [3.63, 3.8) is 0 Å². The molecule has 1 aliphatic heterocycles. The van der Waals surface area contributed by atoms with Gasteiger partial charge in [0.15, 0.2) is 11.5 Å². The van der Waals surface area contributed by atoms with Crippen molar-refractivity contribution in [2.45, 2.75) is 13.0 Å². The van der Waals surface area contributed by atoms with Crippen molar-refractivity contribution in [3.8, 4) is 17.2 Å². The Morgan fingerprint density at radius 1 is 1.30 bits per heavy atom. The molecule has 1 N–H and O–H groups in total. The number of carbonyl (C=O) groups excluding carboxylic acids is 1. The zero-order valence-corrected chi connectivity index (χ0v) is 17.2. The number of aromatic nitrogens is 3. The number of ether oxygens (including phenoxy) is 2. The fourth-order valence-corrected chi connectivity index (χ4v) is 3.45. The molecule has 1 unspecified atom stereocenters. The number of nitrogens with one attached hydrogen (secondary N) is 1. The molecule has 156 valence electrons. The van der Waals surface area contributed by atoms with Gasteiger partial charge in [-0.2, -0.15) is 5.10 Å². The highest BCUT2D eigenvalue weighted by Gasteiger charge is 2.23. The van der Waals surface area contributed by atoms with Crippen molar-refractivity contribution < 1.29 is 14.3 Å². The van der Waals surface area contributed by atoms with Crippen LogP contribution in [0.15, 0.2) is 55.1 Å². The van der Waals surface area contributed by atoms with Gasteiger partial charge < -0.3 is 14.8 Å².